The molecule has 0 aliphatic carbocycles. The van der Waals surface area contributed by atoms with Crippen molar-refractivity contribution in [3.8, 4) is 11.5 Å². The van der Waals surface area contributed by atoms with Crippen molar-refractivity contribution in [2.75, 3.05) is 18.8 Å². The molecule has 0 radical (unpaired) electrons. The van der Waals surface area contributed by atoms with Crippen molar-refractivity contribution in [2.45, 2.75) is 99.5 Å². The second-order valence-corrected chi connectivity index (χ2v) is 12.8. The number of unbranched alkanes of at least 4 members (excludes halogenated alkanes) is 6. The van der Waals surface area contributed by atoms with Crippen LogP contribution in [0.15, 0.2) is 59.4 Å². The van der Waals surface area contributed by atoms with Crippen LogP contribution >= 0.6 is 11.8 Å². The Morgan fingerprint density at radius 1 is 0.933 bits per heavy atom. The minimum atomic E-state index is -5.62. The Balaban J connectivity index is 1.37. The standard InChI is InChI=1S/C32H42F5N3O4S/c1-30(23-11-13-24(41)14-12-23)22-45-28-20-25(42)15-16-26(28)27(30)10-7-5-3-2-4-6-8-18-38-29(21-40(43)44)39-19-9-17-31(33,34)32(35,36)37/h11-16,20-21,27,38-39,41-42H,2-10,17-19,22H2,1H3. The van der Waals surface area contributed by atoms with Crippen molar-refractivity contribution in [1.82, 2.24) is 10.6 Å². The maximum Gasteiger partial charge on any atom is 0.453 e. The molecule has 3 rings (SSSR count). The van der Waals surface area contributed by atoms with Crippen LogP contribution in [0.5, 0.6) is 11.5 Å². The molecular weight excluding hydrogens is 617 g/mol. The highest BCUT2D eigenvalue weighted by Crippen LogP contribution is 2.52. The van der Waals surface area contributed by atoms with E-state index in [1.165, 1.54) is 11.1 Å². The van der Waals surface area contributed by atoms with Gasteiger partial charge in [0.2, 0.25) is 0 Å². The SMILES string of the molecule is CC1(c2ccc(O)cc2)CSc2cc(O)ccc2C1CCCCCCCCCNC(=C[N+](=O)[O-])NCCCC(F)(F)C(F)(F)F. The van der Waals surface area contributed by atoms with Crippen molar-refractivity contribution in [3.63, 3.8) is 0 Å². The van der Waals surface area contributed by atoms with Crippen molar-refractivity contribution in [1.29, 1.82) is 0 Å². The molecule has 0 spiro atoms. The summed E-state index contributed by atoms with van der Waals surface area (Å²) in [6.07, 6.45) is 0.883. The molecule has 2 aromatic carbocycles. The number of fused-ring (bicyclic) bond motifs is 1. The summed E-state index contributed by atoms with van der Waals surface area (Å²) in [7, 11) is 0. The number of thioether (sulfide) groups is 1. The van der Waals surface area contributed by atoms with Gasteiger partial charge in [0.15, 0.2) is 5.82 Å². The molecule has 13 heteroatoms. The molecule has 1 aliphatic rings. The van der Waals surface area contributed by atoms with Crippen molar-refractivity contribution in [2.24, 2.45) is 0 Å². The predicted molar refractivity (Wildman–Crippen MR) is 165 cm³/mol. The molecule has 0 bridgehead atoms. The minimum Gasteiger partial charge on any atom is -0.508 e. The van der Waals surface area contributed by atoms with Gasteiger partial charge in [-0.25, -0.2) is 0 Å². The summed E-state index contributed by atoms with van der Waals surface area (Å²) in [5.41, 5.74) is 2.30. The maximum atomic E-state index is 13.0. The van der Waals surface area contributed by atoms with E-state index in [1.54, 1.807) is 30.0 Å². The Morgan fingerprint density at radius 2 is 1.51 bits per heavy atom. The molecule has 2 atom stereocenters. The first kappa shape index (κ1) is 36.3. The van der Waals surface area contributed by atoms with Gasteiger partial charge in [0, 0.05) is 35.6 Å². The van der Waals surface area contributed by atoms with Crippen molar-refractivity contribution in [3.05, 3.63) is 75.7 Å². The van der Waals surface area contributed by atoms with Gasteiger partial charge in [0.05, 0.1) is 4.92 Å². The fourth-order valence-electron chi connectivity index (χ4n) is 5.72. The van der Waals surface area contributed by atoms with Crippen LogP contribution in [0.3, 0.4) is 0 Å². The molecule has 0 fully saturated rings. The average Bonchev–Trinajstić information content (AvgIpc) is 2.96. The number of hydrogen-bond acceptors (Lipinski definition) is 7. The number of aromatic hydroxyl groups is 2. The summed E-state index contributed by atoms with van der Waals surface area (Å²) in [5.74, 6) is -3.18. The first-order chi connectivity index (χ1) is 21.2. The number of nitrogens with one attached hydrogen (secondary N) is 2. The molecule has 1 aliphatic heterocycles. The van der Waals surface area contributed by atoms with Gasteiger partial charge in [-0.2, -0.15) is 22.0 Å². The Bertz CT molecular complexity index is 1280. The molecule has 0 amide bonds. The summed E-state index contributed by atoms with van der Waals surface area (Å²) in [6, 6.07) is 13.1. The zero-order valence-electron chi connectivity index (χ0n) is 25.3. The largest absolute Gasteiger partial charge is 0.508 e. The fourth-order valence-corrected chi connectivity index (χ4v) is 7.13. The molecule has 0 saturated heterocycles. The molecule has 0 aromatic heterocycles. The highest BCUT2D eigenvalue weighted by Gasteiger charge is 2.56. The van der Waals surface area contributed by atoms with Gasteiger partial charge in [-0.15, -0.1) is 11.8 Å². The summed E-state index contributed by atoms with van der Waals surface area (Å²) in [5, 5.41) is 36.0. The van der Waals surface area contributed by atoms with Crippen LogP contribution in [-0.4, -0.2) is 46.1 Å². The second-order valence-electron chi connectivity index (χ2n) is 11.8. The molecule has 2 aromatic rings. The second kappa shape index (κ2) is 16.4. The van der Waals surface area contributed by atoms with E-state index in [1.807, 2.05) is 24.3 Å². The summed E-state index contributed by atoms with van der Waals surface area (Å²) in [6.45, 7) is 2.41. The topological polar surface area (TPSA) is 108 Å². The third kappa shape index (κ3) is 10.7. The zero-order chi connectivity index (χ0) is 33.1. The summed E-state index contributed by atoms with van der Waals surface area (Å²) < 4.78 is 62.9. The van der Waals surface area contributed by atoms with Gasteiger partial charge in [-0.05, 0) is 60.6 Å². The Morgan fingerprint density at radius 3 is 2.13 bits per heavy atom. The third-order valence-corrected chi connectivity index (χ3v) is 9.72. The first-order valence-corrected chi connectivity index (χ1v) is 16.2. The predicted octanol–water partition coefficient (Wildman–Crippen LogP) is 8.60. The van der Waals surface area contributed by atoms with Crippen molar-refractivity contribution >= 4 is 11.8 Å². The Labute approximate surface area is 264 Å². The number of nitrogens with zero attached hydrogens (tertiary/aromatic N) is 1. The number of hydrogen-bond donors (Lipinski definition) is 4. The van der Waals surface area contributed by atoms with Gasteiger partial charge >= 0.3 is 12.1 Å². The average molecular weight is 660 g/mol. The van der Waals surface area contributed by atoms with E-state index in [0.29, 0.717) is 12.7 Å². The Kier molecular flexibility index (Phi) is 13.2. The normalized spacial score (nSPS) is 18.8. The van der Waals surface area contributed by atoms with Crippen LogP contribution in [-0.2, 0) is 5.41 Å². The fraction of sp³-hybridized carbons (Fsp3) is 0.562. The van der Waals surface area contributed by atoms with E-state index in [9.17, 15) is 42.3 Å². The zero-order valence-corrected chi connectivity index (χ0v) is 26.2. The van der Waals surface area contributed by atoms with E-state index in [4.69, 9.17) is 0 Å². The van der Waals surface area contributed by atoms with E-state index >= 15 is 0 Å². The molecule has 250 valence electrons. The molecule has 2 unspecified atom stereocenters. The van der Waals surface area contributed by atoms with E-state index in [2.05, 4.69) is 17.6 Å². The molecule has 7 nitrogen and oxygen atoms in total. The number of phenolic OH excluding ortho intramolecular Hbond substituents is 2. The molecule has 4 N–H and O–H groups in total. The van der Waals surface area contributed by atoms with Gasteiger partial charge in [-0.3, -0.25) is 10.1 Å². The Hall–Kier alpha value is -3.22. The van der Waals surface area contributed by atoms with Crippen LogP contribution < -0.4 is 10.6 Å². The van der Waals surface area contributed by atoms with E-state index in [0.717, 1.165) is 62.0 Å². The monoisotopic (exact) mass is 659 g/mol. The number of alkyl halides is 5. The van der Waals surface area contributed by atoms with Crippen LogP contribution in [0, 0.1) is 10.1 Å². The van der Waals surface area contributed by atoms with Crippen LogP contribution in [0.4, 0.5) is 22.0 Å². The number of halogens is 5. The maximum absolute atomic E-state index is 13.0. The number of phenols is 2. The van der Waals surface area contributed by atoms with Gasteiger partial charge in [0.25, 0.3) is 6.20 Å². The molecule has 45 heavy (non-hydrogen) atoms. The highest BCUT2D eigenvalue weighted by molar-refractivity contribution is 7.99. The van der Waals surface area contributed by atoms with Gasteiger partial charge in [0.1, 0.15) is 11.5 Å². The summed E-state index contributed by atoms with van der Waals surface area (Å²) >= 11 is 1.75. The van der Waals surface area contributed by atoms with E-state index < -0.39 is 29.9 Å². The lowest BCUT2D eigenvalue weighted by molar-refractivity contribution is -0.404. The number of nitro groups is 1. The molecule has 0 saturated carbocycles. The lowest BCUT2D eigenvalue weighted by atomic mass is 9.68. The van der Waals surface area contributed by atoms with Crippen LogP contribution in [0.2, 0.25) is 0 Å². The quantitative estimate of drug-likeness (QED) is 0.0550. The highest BCUT2D eigenvalue weighted by atomic mass is 32.2. The lowest BCUT2D eigenvalue weighted by Gasteiger charge is -2.43. The van der Waals surface area contributed by atoms with Gasteiger partial charge < -0.3 is 20.8 Å². The number of rotatable bonds is 18. The van der Waals surface area contributed by atoms with Crippen LogP contribution in [0.1, 0.15) is 88.2 Å². The lowest BCUT2D eigenvalue weighted by Crippen LogP contribution is -2.37. The third-order valence-electron chi connectivity index (χ3n) is 8.31. The minimum absolute atomic E-state index is 0.0208. The van der Waals surface area contributed by atoms with Crippen molar-refractivity contribution < 1.29 is 37.1 Å². The molecular formula is C32H42F5N3O4S. The van der Waals surface area contributed by atoms with Crippen LogP contribution in [0.25, 0.3) is 0 Å². The first-order valence-electron chi connectivity index (χ1n) is 15.3. The smallest absolute Gasteiger partial charge is 0.453 e. The molecule has 1 heterocycles. The van der Waals surface area contributed by atoms with E-state index in [-0.39, 0.29) is 35.2 Å². The van der Waals surface area contributed by atoms with Gasteiger partial charge in [-0.1, -0.05) is 63.6 Å². The summed E-state index contributed by atoms with van der Waals surface area (Å²) in [4.78, 5) is 11.2. The number of benzene rings is 2.